The highest BCUT2D eigenvalue weighted by Gasteiger charge is 2.33. The lowest BCUT2D eigenvalue weighted by Gasteiger charge is -2.35. The minimum absolute atomic E-state index is 0.0750. The maximum Gasteiger partial charge on any atom is 0.258 e. The Labute approximate surface area is 234 Å². The third-order valence-corrected chi connectivity index (χ3v) is 8.20. The second kappa shape index (κ2) is 11.2. The molecule has 1 amide bonds. The minimum Gasteiger partial charge on any atom is -0.491 e. The second-order valence-electron chi connectivity index (χ2n) is 10.6. The molecule has 3 aromatic rings. The predicted molar refractivity (Wildman–Crippen MR) is 151 cm³/mol. The highest BCUT2D eigenvalue weighted by molar-refractivity contribution is 6.31. The van der Waals surface area contributed by atoms with Crippen molar-refractivity contribution < 1.29 is 14.3 Å². The molecule has 2 saturated heterocycles. The summed E-state index contributed by atoms with van der Waals surface area (Å²) in [6.45, 7) is 6.53. The SMILES string of the molecule is CN1CCOc2ccc(Cl)cc2C(=O)N2CCCC[C@H]2c2cc3nc(N4CCOCC4)cc(n3n2)N(C)CC1. The molecule has 2 bridgehead atoms. The number of likely N-dealkylation sites (N-methyl/N-ethyl adjacent to an activating group) is 2. The van der Waals surface area contributed by atoms with Gasteiger partial charge in [0.15, 0.2) is 5.65 Å². The smallest absolute Gasteiger partial charge is 0.258 e. The molecule has 0 spiro atoms. The number of benzene rings is 1. The highest BCUT2D eigenvalue weighted by Crippen LogP contribution is 2.35. The first kappa shape index (κ1) is 26.2. The number of rotatable bonds is 1. The Kier molecular flexibility index (Phi) is 7.51. The van der Waals surface area contributed by atoms with Gasteiger partial charge >= 0.3 is 0 Å². The van der Waals surface area contributed by atoms with E-state index in [1.807, 2.05) is 9.42 Å². The molecule has 1 atom stereocenters. The first-order valence-electron chi connectivity index (χ1n) is 13.8. The van der Waals surface area contributed by atoms with Gasteiger partial charge in [-0.2, -0.15) is 9.61 Å². The number of nitrogens with zero attached hydrogens (tertiary/aromatic N) is 7. The van der Waals surface area contributed by atoms with Crippen LogP contribution in [-0.2, 0) is 4.74 Å². The summed E-state index contributed by atoms with van der Waals surface area (Å²) in [5.41, 5.74) is 2.15. The number of hydrogen-bond donors (Lipinski definition) is 0. The van der Waals surface area contributed by atoms with Crippen molar-refractivity contribution in [1.29, 1.82) is 0 Å². The predicted octanol–water partition coefficient (Wildman–Crippen LogP) is 3.35. The summed E-state index contributed by atoms with van der Waals surface area (Å²) in [5.74, 6) is 2.41. The molecule has 3 aliphatic rings. The monoisotopic (exact) mass is 553 g/mol. The minimum atomic E-state index is -0.149. The van der Waals surface area contributed by atoms with Gasteiger partial charge in [0.1, 0.15) is 24.0 Å². The average molecular weight is 554 g/mol. The van der Waals surface area contributed by atoms with Crippen molar-refractivity contribution in [2.75, 3.05) is 83.0 Å². The van der Waals surface area contributed by atoms with Gasteiger partial charge in [-0.25, -0.2) is 4.98 Å². The molecule has 11 heteroatoms. The number of morpholine rings is 1. The highest BCUT2D eigenvalue weighted by atomic mass is 35.5. The summed E-state index contributed by atoms with van der Waals surface area (Å²) < 4.78 is 13.7. The third kappa shape index (κ3) is 5.37. The molecule has 3 aliphatic heterocycles. The van der Waals surface area contributed by atoms with Crippen LogP contribution in [0, 0.1) is 0 Å². The second-order valence-corrected chi connectivity index (χ2v) is 11.1. The molecule has 0 saturated carbocycles. The van der Waals surface area contributed by atoms with Gasteiger partial charge in [-0.05, 0) is 44.5 Å². The summed E-state index contributed by atoms with van der Waals surface area (Å²) in [5, 5.41) is 5.60. The zero-order valence-electron chi connectivity index (χ0n) is 22.7. The molecule has 5 heterocycles. The quantitative estimate of drug-likeness (QED) is 0.454. The van der Waals surface area contributed by atoms with Crippen LogP contribution in [0.4, 0.5) is 11.6 Å². The van der Waals surface area contributed by atoms with Crippen molar-refractivity contribution >= 4 is 34.8 Å². The number of carbonyl (C=O) groups excluding carboxylic acids is 1. The lowest BCUT2D eigenvalue weighted by atomic mass is 9.98. The van der Waals surface area contributed by atoms with Crippen molar-refractivity contribution in [2.45, 2.75) is 25.3 Å². The summed E-state index contributed by atoms with van der Waals surface area (Å²) in [6, 6.07) is 9.34. The molecule has 10 nitrogen and oxygen atoms in total. The van der Waals surface area contributed by atoms with Crippen LogP contribution in [0.25, 0.3) is 5.65 Å². The van der Waals surface area contributed by atoms with Crippen LogP contribution in [0.3, 0.4) is 0 Å². The molecular formula is C28H36ClN7O3. The fourth-order valence-corrected chi connectivity index (χ4v) is 5.82. The summed E-state index contributed by atoms with van der Waals surface area (Å²) >= 11 is 6.36. The lowest BCUT2D eigenvalue weighted by molar-refractivity contribution is 0.0601. The number of halogens is 1. The van der Waals surface area contributed by atoms with Crippen molar-refractivity contribution in [3.05, 3.63) is 46.6 Å². The van der Waals surface area contributed by atoms with Crippen LogP contribution in [0.5, 0.6) is 5.75 Å². The van der Waals surface area contributed by atoms with E-state index in [2.05, 4.69) is 40.9 Å². The number of anilines is 2. The number of ether oxygens (including phenoxy) is 2. The van der Waals surface area contributed by atoms with Crippen molar-refractivity contribution in [1.82, 2.24) is 24.4 Å². The van der Waals surface area contributed by atoms with Gasteiger partial charge in [0, 0.05) is 63.5 Å². The number of carbonyl (C=O) groups is 1. The molecule has 6 rings (SSSR count). The fourth-order valence-electron chi connectivity index (χ4n) is 5.64. The van der Waals surface area contributed by atoms with Gasteiger partial charge < -0.3 is 29.1 Å². The number of hydrogen-bond acceptors (Lipinski definition) is 8. The maximum absolute atomic E-state index is 14.0. The van der Waals surface area contributed by atoms with Crippen molar-refractivity contribution in [3.63, 3.8) is 0 Å². The van der Waals surface area contributed by atoms with Crippen molar-refractivity contribution in [3.8, 4) is 5.75 Å². The molecule has 0 radical (unpaired) electrons. The van der Waals surface area contributed by atoms with Crippen LogP contribution >= 0.6 is 11.6 Å². The van der Waals surface area contributed by atoms with E-state index in [-0.39, 0.29) is 11.9 Å². The van der Waals surface area contributed by atoms with Crippen LogP contribution in [0.1, 0.15) is 41.4 Å². The van der Waals surface area contributed by atoms with Crippen LogP contribution in [0.15, 0.2) is 30.3 Å². The molecule has 2 fully saturated rings. The zero-order chi connectivity index (χ0) is 26.9. The van der Waals surface area contributed by atoms with Crippen LogP contribution in [-0.4, -0.2) is 103 Å². The fraction of sp³-hybridized carbons (Fsp3) is 0.536. The standard InChI is InChI=1S/C28H36ClN7O3/c1-32-9-10-33(2)27-19-25(34-12-14-38-15-13-34)30-26-18-22(31-36(26)27)23-5-3-4-8-35(23)28(37)21-17-20(29)6-7-24(21)39-16-11-32/h6-7,17-19,23H,3-5,8-16H2,1-2H3/t23-/m0/s1. The van der Waals surface area contributed by atoms with Crippen molar-refractivity contribution in [2.24, 2.45) is 0 Å². The van der Waals surface area contributed by atoms with Crippen LogP contribution in [0.2, 0.25) is 5.02 Å². The average Bonchev–Trinajstić information content (AvgIpc) is 3.40. The zero-order valence-corrected chi connectivity index (χ0v) is 23.4. The van der Waals surface area contributed by atoms with Gasteiger partial charge in [-0.1, -0.05) is 11.6 Å². The van der Waals surface area contributed by atoms with Gasteiger partial charge in [-0.15, -0.1) is 0 Å². The van der Waals surface area contributed by atoms with E-state index in [9.17, 15) is 4.79 Å². The molecule has 208 valence electrons. The number of aromatic nitrogens is 3. The number of amides is 1. The number of fused-ring (bicyclic) bond motifs is 4. The molecule has 0 N–H and O–H groups in total. The van der Waals surface area contributed by atoms with Gasteiger partial charge in [0.05, 0.1) is 30.5 Å². The largest absolute Gasteiger partial charge is 0.491 e. The van der Waals surface area contributed by atoms with E-state index in [4.69, 9.17) is 31.2 Å². The summed E-state index contributed by atoms with van der Waals surface area (Å²) in [6.07, 6.45) is 2.83. The van der Waals surface area contributed by atoms with Crippen LogP contribution < -0.4 is 14.5 Å². The topological polar surface area (TPSA) is 78.7 Å². The Hall–Kier alpha value is -3.08. The maximum atomic E-state index is 14.0. The van der Waals surface area contributed by atoms with E-state index in [0.717, 1.165) is 75.0 Å². The van der Waals surface area contributed by atoms with E-state index in [1.165, 1.54) is 0 Å². The first-order chi connectivity index (χ1) is 19.0. The van der Waals surface area contributed by atoms with Gasteiger partial charge in [0.2, 0.25) is 0 Å². The Bertz CT molecular complexity index is 1340. The molecule has 2 aromatic heterocycles. The van der Waals surface area contributed by atoms with E-state index in [1.54, 1.807) is 18.2 Å². The van der Waals surface area contributed by atoms with Gasteiger partial charge in [-0.3, -0.25) is 4.79 Å². The summed E-state index contributed by atoms with van der Waals surface area (Å²) in [4.78, 5) is 27.7. The molecule has 0 unspecified atom stereocenters. The van der Waals surface area contributed by atoms with E-state index >= 15 is 0 Å². The van der Waals surface area contributed by atoms with Gasteiger partial charge in [0.25, 0.3) is 5.91 Å². The van der Waals surface area contributed by atoms with E-state index in [0.29, 0.717) is 42.7 Å². The Balaban J connectivity index is 1.46. The molecule has 1 aromatic carbocycles. The lowest BCUT2D eigenvalue weighted by Crippen LogP contribution is -2.39. The van der Waals surface area contributed by atoms with E-state index < -0.39 is 0 Å². The molecule has 39 heavy (non-hydrogen) atoms. The Morgan fingerprint density at radius 2 is 1.79 bits per heavy atom. The molecular weight excluding hydrogens is 518 g/mol. The first-order valence-corrected chi connectivity index (χ1v) is 14.2. The normalized spacial score (nSPS) is 21.7. The number of piperidine rings is 1. The molecule has 0 aliphatic carbocycles. The summed E-state index contributed by atoms with van der Waals surface area (Å²) in [7, 11) is 4.18. The Morgan fingerprint density at radius 3 is 2.64 bits per heavy atom. The third-order valence-electron chi connectivity index (χ3n) is 7.96. The Morgan fingerprint density at radius 1 is 0.949 bits per heavy atom.